The van der Waals surface area contributed by atoms with Crippen molar-refractivity contribution in [2.75, 3.05) is 18.8 Å². The molecule has 1 atom stereocenters. The Bertz CT molecular complexity index is 336. The molecular formula is C11H17Cl2N3S. The van der Waals surface area contributed by atoms with Gasteiger partial charge in [-0.1, -0.05) is 23.4 Å². The van der Waals surface area contributed by atoms with Crippen LogP contribution >= 0.6 is 35.8 Å². The lowest BCUT2D eigenvalue weighted by atomic mass is 10.0. The van der Waals surface area contributed by atoms with Crippen LogP contribution in [0.25, 0.3) is 0 Å². The molecule has 1 aliphatic rings. The Labute approximate surface area is 118 Å². The molecule has 17 heavy (non-hydrogen) atoms. The van der Waals surface area contributed by atoms with Crippen LogP contribution in [-0.2, 0) is 0 Å². The van der Waals surface area contributed by atoms with Crippen molar-refractivity contribution in [3.63, 3.8) is 0 Å². The predicted octanol–water partition coefficient (Wildman–Crippen LogP) is 2.95. The van der Waals surface area contributed by atoms with E-state index in [0.29, 0.717) is 5.15 Å². The number of aromatic nitrogens is 2. The Hall–Kier alpha value is -0.0300. The fourth-order valence-electron chi connectivity index (χ4n) is 1.83. The van der Waals surface area contributed by atoms with Crippen molar-refractivity contribution in [1.82, 2.24) is 15.3 Å². The normalized spacial score (nSPS) is 19.8. The van der Waals surface area contributed by atoms with Crippen LogP contribution < -0.4 is 5.32 Å². The van der Waals surface area contributed by atoms with E-state index in [1.54, 1.807) is 17.8 Å². The van der Waals surface area contributed by atoms with Crippen LogP contribution in [0.2, 0.25) is 5.15 Å². The second-order valence-electron chi connectivity index (χ2n) is 4.14. The van der Waals surface area contributed by atoms with E-state index in [1.807, 2.05) is 6.92 Å². The molecule has 1 aromatic heterocycles. The summed E-state index contributed by atoms with van der Waals surface area (Å²) in [6.07, 6.45) is 2.58. The Morgan fingerprint density at radius 1 is 1.53 bits per heavy atom. The number of nitrogens with one attached hydrogen (secondary N) is 1. The van der Waals surface area contributed by atoms with Crippen LogP contribution in [0, 0.1) is 12.8 Å². The van der Waals surface area contributed by atoms with Crippen LogP contribution in [0.3, 0.4) is 0 Å². The van der Waals surface area contributed by atoms with Gasteiger partial charge in [0.15, 0.2) is 5.16 Å². The first kappa shape index (κ1) is 15.0. The molecule has 0 bridgehead atoms. The van der Waals surface area contributed by atoms with Crippen molar-refractivity contribution in [3.8, 4) is 0 Å². The van der Waals surface area contributed by atoms with E-state index in [1.165, 1.54) is 12.8 Å². The second kappa shape index (κ2) is 7.41. The standard InChI is InChI=1S/C11H16ClN3S.ClH/c1-8-5-10(12)15-11(14-8)16-7-9-3-2-4-13-6-9;/h5,9,13H,2-4,6-7H2,1H3;1H. The highest BCUT2D eigenvalue weighted by Gasteiger charge is 2.14. The van der Waals surface area contributed by atoms with E-state index in [2.05, 4.69) is 15.3 Å². The molecule has 1 fully saturated rings. The quantitative estimate of drug-likeness (QED) is 0.528. The highest BCUT2D eigenvalue weighted by Crippen LogP contribution is 2.22. The second-order valence-corrected chi connectivity index (χ2v) is 5.51. The first-order valence-electron chi connectivity index (χ1n) is 5.59. The molecule has 3 nitrogen and oxygen atoms in total. The first-order chi connectivity index (χ1) is 7.74. The van der Waals surface area contributed by atoms with Gasteiger partial charge in [-0.2, -0.15) is 0 Å². The van der Waals surface area contributed by atoms with Crippen molar-refractivity contribution in [3.05, 3.63) is 16.9 Å². The molecule has 0 aliphatic carbocycles. The Morgan fingerprint density at radius 3 is 3.00 bits per heavy atom. The number of hydrogen-bond acceptors (Lipinski definition) is 4. The minimum absolute atomic E-state index is 0. The van der Waals surface area contributed by atoms with Gasteiger partial charge in [0.05, 0.1) is 0 Å². The summed E-state index contributed by atoms with van der Waals surface area (Å²) >= 11 is 7.60. The average molecular weight is 294 g/mol. The summed E-state index contributed by atoms with van der Waals surface area (Å²) in [6, 6.07) is 1.79. The van der Waals surface area contributed by atoms with E-state index in [4.69, 9.17) is 11.6 Å². The van der Waals surface area contributed by atoms with Crippen molar-refractivity contribution in [2.24, 2.45) is 5.92 Å². The molecule has 0 amide bonds. The summed E-state index contributed by atoms with van der Waals surface area (Å²) in [7, 11) is 0. The zero-order valence-electron chi connectivity index (χ0n) is 9.78. The first-order valence-corrected chi connectivity index (χ1v) is 6.95. The van der Waals surface area contributed by atoms with Crippen molar-refractivity contribution < 1.29 is 0 Å². The zero-order chi connectivity index (χ0) is 11.4. The molecule has 0 saturated carbocycles. The minimum Gasteiger partial charge on any atom is -0.316 e. The highest BCUT2D eigenvalue weighted by molar-refractivity contribution is 7.99. The van der Waals surface area contributed by atoms with Crippen molar-refractivity contribution >= 4 is 35.8 Å². The van der Waals surface area contributed by atoms with Crippen LogP contribution in [0.15, 0.2) is 11.2 Å². The summed E-state index contributed by atoms with van der Waals surface area (Å²) in [5.74, 6) is 1.81. The number of piperidine rings is 1. The minimum atomic E-state index is 0. The van der Waals surface area contributed by atoms with Crippen LogP contribution in [-0.4, -0.2) is 28.8 Å². The third kappa shape index (κ3) is 5.00. The van der Waals surface area contributed by atoms with Gasteiger partial charge in [-0.05, 0) is 44.8 Å². The third-order valence-corrected chi connectivity index (χ3v) is 3.92. The van der Waals surface area contributed by atoms with E-state index < -0.39 is 0 Å². The number of aryl methyl sites for hydroxylation is 1. The van der Waals surface area contributed by atoms with Gasteiger partial charge in [-0.25, -0.2) is 9.97 Å². The number of hydrogen-bond donors (Lipinski definition) is 1. The van der Waals surface area contributed by atoms with E-state index in [9.17, 15) is 0 Å². The maximum Gasteiger partial charge on any atom is 0.189 e. The van der Waals surface area contributed by atoms with Gasteiger partial charge in [0.25, 0.3) is 0 Å². The van der Waals surface area contributed by atoms with Gasteiger partial charge in [-0.3, -0.25) is 0 Å². The summed E-state index contributed by atoms with van der Waals surface area (Å²) < 4.78 is 0. The molecule has 0 aromatic carbocycles. The topological polar surface area (TPSA) is 37.8 Å². The van der Waals surface area contributed by atoms with Crippen LogP contribution in [0.5, 0.6) is 0 Å². The zero-order valence-corrected chi connectivity index (χ0v) is 12.2. The molecule has 6 heteroatoms. The lowest BCUT2D eigenvalue weighted by Gasteiger charge is -2.21. The molecule has 0 spiro atoms. The van der Waals surface area contributed by atoms with E-state index in [0.717, 1.165) is 35.6 Å². The molecule has 1 aliphatic heterocycles. The molecular weight excluding hydrogens is 277 g/mol. The SMILES string of the molecule is Cc1cc(Cl)nc(SCC2CCCNC2)n1.Cl. The number of halogens is 2. The molecule has 1 aromatic rings. The molecule has 1 unspecified atom stereocenters. The van der Waals surface area contributed by atoms with Crippen LogP contribution in [0.1, 0.15) is 18.5 Å². The van der Waals surface area contributed by atoms with Gasteiger partial charge in [0.1, 0.15) is 5.15 Å². The Morgan fingerprint density at radius 2 is 2.35 bits per heavy atom. The highest BCUT2D eigenvalue weighted by atomic mass is 35.5. The van der Waals surface area contributed by atoms with Crippen molar-refractivity contribution in [2.45, 2.75) is 24.9 Å². The van der Waals surface area contributed by atoms with E-state index in [-0.39, 0.29) is 12.4 Å². The Balaban J connectivity index is 0.00000144. The molecule has 1 N–H and O–H groups in total. The maximum absolute atomic E-state index is 5.89. The lowest BCUT2D eigenvalue weighted by Crippen LogP contribution is -2.30. The van der Waals surface area contributed by atoms with Gasteiger partial charge < -0.3 is 5.32 Å². The molecule has 0 radical (unpaired) electrons. The monoisotopic (exact) mass is 293 g/mol. The summed E-state index contributed by atoms with van der Waals surface area (Å²) in [5, 5.41) is 4.75. The lowest BCUT2D eigenvalue weighted by molar-refractivity contribution is 0.410. The number of nitrogens with zero attached hydrogens (tertiary/aromatic N) is 2. The average Bonchev–Trinajstić information content (AvgIpc) is 2.27. The number of rotatable bonds is 3. The molecule has 2 rings (SSSR count). The molecule has 1 saturated heterocycles. The third-order valence-electron chi connectivity index (χ3n) is 2.65. The van der Waals surface area contributed by atoms with Gasteiger partial charge in [0.2, 0.25) is 0 Å². The Kier molecular flexibility index (Phi) is 6.55. The van der Waals surface area contributed by atoms with Crippen molar-refractivity contribution in [1.29, 1.82) is 0 Å². The fourth-order valence-corrected chi connectivity index (χ4v) is 3.16. The number of thioether (sulfide) groups is 1. The molecule has 2 heterocycles. The maximum atomic E-state index is 5.89. The summed E-state index contributed by atoms with van der Waals surface area (Å²) in [4.78, 5) is 8.58. The summed E-state index contributed by atoms with van der Waals surface area (Å²) in [6.45, 7) is 4.22. The largest absolute Gasteiger partial charge is 0.316 e. The van der Waals surface area contributed by atoms with Gasteiger partial charge >= 0.3 is 0 Å². The van der Waals surface area contributed by atoms with Gasteiger partial charge in [-0.15, -0.1) is 12.4 Å². The fraction of sp³-hybridized carbons (Fsp3) is 0.636. The smallest absolute Gasteiger partial charge is 0.189 e. The van der Waals surface area contributed by atoms with E-state index >= 15 is 0 Å². The molecule has 96 valence electrons. The predicted molar refractivity (Wildman–Crippen MR) is 75.3 cm³/mol. The summed E-state index contributed by atoms with van der Waals surface area (Å²) in [5.41, 5.74) is 0.935. The van der Waals surface area contributed by atoms with Crippen LogP contribution in [0.4, 0.5) is 0 Å². The van der Waals surface area contributed by atoms with Gasteiger partial charge in [0, 0.05) is 11.4 Å².